The lowest BCUT2D eigenvalue weighted by molar-refractivity contribution is -0.146. The molecule has 27 heavy (non-hydrogen) atoms. The lowest BCUT2D eigenvalue weighted by Crippen LogP contribution is -2.23. The SMILES string of the molecule is O=C(COC(=O)Cc1c(F)cccc1Cl)Nc1ccc(Cl)cc1C(F)(F)F. The number of nitrogens with one attached hydrogen (secondary N) is 1. The third-order valence-corrected chi connectivity index (χ3v) is 3.90. The molecule has 2 rings (SSSR count). The molecule has 0 saturated heterocycles. The largest absolute Gasteiger partial charge is 0.455 e. The van der Waals surface area contributed by atoms with Crippen molar-refractivity contribution >= 4 is 40.8 Å². The van der Waals surface area contributed by atoms with Gasteiger partial charge in [-0.25, -0.2) is 4.39 Å². The first-order chi connectivity index (χ1) is 12.6. The predicted molar refractivity (Wildman–Crippen MR) is 91.2 cm³/mol. The van der Waals surface area contributed by atoms with Gasteiger partial charge in [0.15, 0.2) is 6.61 Å². The molecule has 0 atom stereocenters. The fraction of sp³-hybridized carbons (Fsp3) is 0.176. The minimum Gasteiger partial charge on any atom is -0.455 e. The second-order valence-electron chi connectivity index (χ2n) is 5.27. The Hall–Kier alpha value is -2.32. The van der Waals surface area contributed by atoms with E-state index in [-0.39, 0.29) is 15.6 Å². The van der Waals surface area contributed by atoms with E-state index in [4.69, 9.17) is 23.2 Å². The van der Waals surface area contributed by atoms with Crippen LogP contribution in [0.3, 0.4) is 0 Å². The van der Waals surface area contributed by atoms with Gasteiger partial charge < -0.3 is 10.1 Å². The van der Waals surface area contributed by atoms with Gasteiger partial charge in [0.05, 0.1) is 17.7 Å². The Balaban J connectivity index is 1.98. The number of hydrogen-bond acceptors (Lipinski definition) is 3. The number of carbonyl (C=O) groups is 2. The Bertz CT molecular complexity index is 851. The molecule has 0 aliphatic carbocycles. The van der Waals surface area contributed by atoms with Crippen molar-refractivity contribution in [2.24, 2.45) is 0 Å². The number of alkyl halides is 3. The average Bonchev–Trinajstić information content (AvgIpc) is 2.57. The molecule has 10 heteroatoms. The minimum atomic E-state index is -4.74. The molecule has 0 bridgehead atoms. The van der Waals surface area contributed by atoms with Crippen molar-refractivity contribution in [3.8, 4) is 0 Å². The summed E-state index contributed by atoms with van der Waals surface area (Å²) < 4.78 is 57.2. The zero-order valence-corrected chi connectivity index (χ0v) is 14.9. The van der Waals surface area contributed by atoms with Crippen LogP contribution in [0.4, 0.5) is 23.2 Å². The Morgan fingerprint density at radius 3 is 2.44 bits per heavy atom. The number of anilines is 1. The first-order valence-electron chi connectivity index (χ1n) is 7.33. The van der Waals surface area contributed by atoms with Gasteiger partial charge >= 0.3 is 12.1 Å². The van der Waals surface area contributed by atoms with Crippen molar-refractivity contribution in [1.82, 2.24) is 0 Å². The summed E-state index contributed by atoms with van der Waals surface area (Å²) in [5, 5.41) is 1.84. The molecule has 144 valence electrons. The number of amides is 1. The fourth-order valence-electron chi connectivity index (χ4n) is 2.09. The smallest absolute Gasteiger partial charge is 0.418 e. The third kappa shape index (κ3) is 5.83. The molecule has 0 aliphatic heterocycles. The van der Waals surface area contributed by atoms with E-state index in [1.54, 1.807) is 0 Å². The number of esters is 1. The standard InChI is InChI=1S/C17H11Cl2F4NO3/c18-9-4-5-14(11(6-9)17(21,22)23)24-15(25)8-27-16(26)7-10-12(19)2-1-3-13(10)20/h1-6H,7-8H2,(H,24,25). The molecule has 0 saturated carbocycles. The lowest BCUT2D eigenvalue weighted by Gasteiger charge is -2.14. The van der Waals surface area contributed by atoms with Crippen molar-refractivity contribution in [3.05, 3.63) is 63.4 Å². The van der Waals surface area contributed by atoms with Crippen molar-refractivity contribution < 1.29 is 31.9 Å². The van der Waals surface area contributed by atoms with Crippen molar-refractivity contribution in [3.63, 3.8) is 0 Å². The predicted octanol–water partition coefficient (Wildman–Crippen LogP) is 4.88. The van der Waals surface area contributed by atoms with Gasteiger partial charge in [-0.05, 0) is 30.3 Å². The Kier molecular flexibility index (Phi) is 6.67. The molecule has 0 aliphatic rings. The maximum atomic E-state index is 13.6. The second kappa shape index (κ2) is 8.58. The van der Waals surface area contributed by atoms with Crippen LogP contribution in [0, 0.1) is 5.82 Å². The topological polar surface area (TPSA) is 55.4 Å². The van der Waals surface area contributed by atoms with Gasteiger partial charge in [-0.1, -0.05) is 29.3 Å². The van der Waals surface area contributed by atoms with Crippen LogP contribution >= 0.6 is 23.2 Å². The molecule has 0 radical (unpaired) electrons. The molecule has 0 spiro atoms. The molecular weight excluding hydrogens is 413 g/mol. The average molecular weight is 424 g/mol. The van der Waals surface area contributed by atoms with Gasteiger partial charge in [-0.15, -0.1) is 0 Å². The van der Waals surface area contributed by atoms with Crippen LogP contribution in [0.15, 0.2) is 36.4 Å². The summed E-state index contributed by atoms with van der Waals surface area (Å²) in [4.78, 5) is 23.5. The number of halogens is 6. The Labute approximate surface area is 161 Å². The summed E-state index contributed by atoms with van der Waals surface area (Å²) in [6.45, 7) is -0.856. The first-order valence-corrected chi connectivity index (χ1v) is 8.08. The summed E-state index contributed by atoms with van der Waals surface area (Å²) in [5.74, 6) is -2.69. The summed E-state index contributed by atoms with van der Waals surface area (Å²) >= 11 is 11.3. The second-order valence-corrected chi connectivity index (χ2v) is 6.12. The van der Waals surface area contributed by atoms with E-state index in [9.17, 15) is 27.2 Å². The zero-order valence-electron chi connectivity index (χ0n) is 13.4. The van der Waals surface area contributed by atoms with E-state index in [1.165, 1.54) is 18.2 Å². The zero-order chi connectivity index (χ0) is 20.2. The molecule has 0 heterocycles. The van der Waals surface area contributed by atoms with Crippen molar-refractivity contribution in [2.75, 3.05) is 11.9 Å². The fourth-order valence-corrected chi connectivity index (χ4v) is 2.49. The van der Waals surface area contributed by atoms with Gasteiger partial charge in [0, 0.05) is 15.6 Å². The molecule has 4 nitrogen and oxygen atoms in total. The first kappa shape index (κ1) is 21.0. The Morgan fingerprint density at radius 2 is 1.81 bits per heavy atom. The van der Waals surface area contributed by atoms with Gasteiger partial charge in [0.2, 0.25) is 0 Å². The van der Waals surface area contributed by atoms with Crippen LogP contribution in [-0.4, -0.2) is 18.5 Å². The van der Waals surface area contributed by atoms with E-state index in [0.29, 0.717) is 6.07 Å². The molecular formula is C17H11Cl2F4NO3. The number of rotatable bonds is 5. The highest BCUT2D eigenvalue weighted by Gasteiger charge is 2.34. The summed E-state index contributed by atoms with van der Waals surface area (Å²) in [6, 6.07) is 6.62. The van der Waals surface area contributed by atoms with Gasteiger partial charge in [-0.2, -0.15) is 13.2 Å². The van der Waals surface area contributed by atoms with Crippen LogP contribution in [0.5, 0.6) is 0 Å². The normalized spacial score (nSPS) is 11.2. The third-order valence-electron chi connectivity index (χ3n) is 3.31. The van der Waals surface area contributed by atoms with E-state index in [2.05, 4.69) is 4.74 Å². The maximum absolute atomic E-state index is 13.6. The molecule has 0 unspecified atom stereocenters. The van der Waals surface area contributed by atoms with Crippen LogP contribution < -0.4 is 5.32 Å². The van der Waals surface area contributed by atoms with Crippen LogP contribution in [0.2, 0.25) is 10.0 Å². The lowest BCUT2D eigenvalue weighted by atomic mass is 10.1. The van der Waals surface area contributed by atoms with E-state index < -0.39 is 48.1 Å². The highest BCUT2D eigenvalue weighted by Crippen LogP contribution is 2.36. The van der Waals surface area contributed by atoms with Gasteiger partial charge in [0.25, 0.3) is 5.91 Å². The molecule has 0 aromatic heterocycles. The van der Waals surface area contributed by atoms with Gasteiger partial charge in [-0.3, -0.25) is 9.59 Å². The summed E-state index contributed by atoms with van der Waals surface area (Å²) in [6.07, 6.45) is -5.28. The molecule has 0 fully saturated rings. The highest BCUT2D eigenvalue weighted by molar-refractivity contribution is 6.31. The number of hydrogen-bond donors (Lipinski definition) is 1. The summed E-state index contributed by atoms with van der Waals surface area (Å²) in [5.41, 5.74) is -1.79. The van der Waals surface area contributed by atoms with E-state index >= 15 is 0 Å². The molecule has 2 aromatic rings. The van der Waals surface area contributed by atoms with Crippen molar-refractivity contribution in [2.45, 2.75) is 12.6 Å². The quantitative estimate of drug-likeness (QED) is 0.550. The number of carbonyl (C=O) groups excluding carboxylic acids is 2. The summed E-state index contributed by atoms with van der Waals surface area (Å²) in [7, 11) is 0. The van der Waals surface area contributed by atoms with Crippen LogP contribution in [0.25, 0.3) is 0 Å². The number of ether oxygens (including phenoxy) is 1. The maximum Gasteiger partial charge on any atom is 0.418 e. The number of benzene rings is 2. The molecule has 1 amide bonds. The monoisotopic (exact) mass is 423 g/mol. The van der Waals surface area contributed by atoms with Crippen molar-refractivity contribution in [1.29, 1.82) is 0 Å². The van der Waals surface area contributed by atoms with E-state index in [0.717, 1.165) is 12.1 Å². The van der Waals surface area contributed by atoms with Gasteiger partial charge in [0.1, 0.15) is 5.82 Å². The van der Waals surface area contributed by atoms with Crippen LogP contribution in [-0.2, 0) is 26.9 Å². The highest BCUT2D eigenvalue weighted by atomic mass is 35.5. The molecule has 1 N–H and O–H groups in total. The Morgan fingerprint density at radius 1 is 1.11 bits per heavy atom. The molecule has 2 aromatic carbocycles. The minimum absolute atomic E-state index is 0.00684. The van der Waals surface area contributed by atoms with E-state index in [1.807, 2.05) is 5.32 Å². The van der Waals surface area contributed by atoms with Crippen LogP contribution in [0.1, 0.15) is 11.1 Å².